The van der Waals surface area contributed by atoms with Gasteiger partial charge in [-0.25, -0.2) is 0 Å². The van der Waals surface area contributed by atoms with Crippen LogP contribution in [-0.4, -0.2) is 28.8 Å². The maximum absolute atomic E-state index is 14.0. The SMILES string of the molecule is COC(=O)[C@@H]1[C@@H](c2ccccc2)[N+]2([O-])CCc3c(n(C)c4ccccc34)[C@H]12. The number of aromatic nitrogens is 1. The zero-order valence-electron chi connectivity index (χ0n) is 15.5. The second kappa shape index (κ2) is 5.68. The predicted molar refractivity (Wildman–Crippen MR) is 103 cm³/mol. The van der Waals surface area contributed by atoms with Gasteiger partial charge >= 0.3 is 5.97 Å². The Kier molecular flexibility index (Phi) is 3.48. The Hall–Kier alpha value is -2.63. The maximum atomic E-state index is 14.0. The van der Waals surface area contributed by atoms with E-state index in [9.17, 15) is 10.0 Å². The lowest BCUT2D eigenvalue weighted by molar-refractivity contribution is -0.997. The van der Waals surface area contributed by atoms with Crippen LogP contribution in [0.5, 0.6) is 0 Å². The molecule has 1 fully saturated rings. The minimum Gasteiger partial charge on any atom is -0.632 e. The van der Waals surface area contributed by atoms with Crippen LogP contribution in [0.1, 0.15) is 28.9 Å². The normalized spacial score (nSPS) is 28.9. The minimum absolute atomic E-state index is 0.295. The Labute approximate surface area is 157 Å². The molecule has 2 aliphatic rings. The van der Waals surface area contributed by atoms with Crippen molar-refractivity contribution >= 4 is 16.9 Å². The number of rotatable bonds is 2. The molecule has 0 spiro atoms. The lowest BCUT2D eigenvalue weighted by Gasteiger charge is -2.66. The van der Waals surface area contributed by atoms with E-state index in [1.54, 1.807) is 0 Å². The number of carbonyl (C=O) groups excluding carboxylic acids is 1. The fourth-order valence-electron chi connectivity index (χ4n) is 5.36. The molecule has 27 heavy (non-hydrogen) atoms. The number of hydroxylamine groups is 3. The summed E-state index contributed by atoms with van der Waals surface area (Å²) in [6, 6.07) is 17.1. The molecule has 1 saturated heterocycles. The van der Waals surface area contributed by atoms with Gasteiger partial charge in [-0.15, -0.1) is 0 Å². The number of hydrogen-bond donors (Lipinski definition) is 0. The zero-order valence-corrected chi connectivity index (χ0v) is 15.5. The Bertz CT molecular complexity index is 1040. The van der Waals surface area contributed by atoms with Crippen molar-refractivity contribution in [2.45, 2.75) is 18.5 Å². The van der Waals surface area contributed by atoms with Gasteiger partial charge in [0.05, 0.1) is 19.3 Å². The fourth-order valence-corrected chi connectivity index (χ4v) is 5.36. The first-order valence-corrected chi connectivity index (χ1v) is 9.35. The number of hydrogen-bond acceptors (Lipinski definition) is 3. The number of benzene rings is 2. The Morgan fingerprint density at radius 3 is 2.56 bits per heavy atom. The molecule has 0 aliphatic carbocycles. The molecule has 5 heteroatoms. The Morgan fingerprint density at radius 2 is 1.81 bits per heavy atom. The third-order valence-electron chi connectivity index (χ3n) is 6.49. The van der Waals surface area contributed by atoms with Crippen LogP contribution in [0, 0.1) is 11.1 Å². The molecule has 5 nitrogen and oxygen atoms in total. The van der Waals surface area contributed by atoms with E-state index in [1.165, 1.54) is 18.1 Å². The smallest absolute Gasteiger partial charge is 0.321 e. The minimum atomic E-state index is -0.461. The highest BCUT2D eigenvalue weighted by Crippen LogP contribution is 2.62. The van der Waals surface area contributed by atoms with Gasteiger partial charge in [0.15, 0.2) is 12.0 Å². The van der Waals surface area contributed by atoms with Crippen molar-refractivity contribution < 1.29 is 14.2 Å². The molecule has 0 saturated carbocycles. The van der Waals surface area contributed by atoms with E-state index in [0.717, 1.165) is 23.2 Å². The second-order valence-electron chi connectivity index (χ2n) is 7.62. The molecule has 0 bridgehead atoms. The van der Waals surface area contributed by atoms with E-state index in [1.807, 2.05) is 49.5 Å². The number of fused-ring (bicyclic) bond motifs is 5. The Balaban J connectivity index is 1.71. The number of methoxy groups -OCH3 is 1. The summed E-state index contributed by atoms with van der Waals surface area (Å²) in [5, 5.41) is 15.2. The quantitative estimate of drug-likeness (QED) is 0.397. The molecule has 138 valence electrons. The van der Waals surface area contributed by atoms with Crippen LogP contribution in [0.2, 0.25) is 0 Å². The molecule has 3 aromatic rings. The molecule has 3 heterocycles. The second-order valence-corrected chi connectivity index (χ2v) is 7.62. The first-order chi connectivity index (χ1) is 13.1. The van der Waals surface area contributed by atoms with Gasteiger partial charge < -0.3 is 19.2 Å². The predicted octanol–water partition coefficient (Wildman–Crippen LogP) is 3.63. The number of aryl methyl sites for hydroxylation is 1. The summed E-state index contributed by atoms with van der Waals surface area (Å²) in [5.74, 6) is -0.756. The fraction of sp³-hybridized carbons (Fsp3) is 0.318. The van der Waals surface area contributed by atoms with Crippen molar-refractivity contribution in [1.29, 1.82) is 0 Å². The van der Waals surface area contributed by atoms with Gasteiger partial charge in [-0.1, -0.05) is 48.5 Å². The van der Waals surface area contributed by atoms with Gasteiger partial charge in [0.2, 0.25) is 0 Å². The number of carbonyl (C=O) groups is 1. The van der Waals surface area contributed by atoms with E-state index in [2.05, 4.69) is 16.7 Å². The number of esters is 1. The third-order valence-corrected chi connectivity index (χ3v) is 6.49. The molecular weight excluding hydrogens is 340 g/mol. The number of ether oxygens (including phenoxy) is 1. The summed E-state index contributed by atoms with van der Waals surface area (Å²) in [7, 11) is 3.41. The summed E-state index contributed by atoms with van der Waals surface area (Å²) in [5.41, 5.74) is 4.24. The summed E-state index contributed by atoms with van der Waals surface area (Å²) < 4.78 is 6.87. The molecule has 2 aliphatic heterocycles. The molecule has 2 aromatic carbocycles. The number of nitrogens with zero attached hydrogens (tertiary/aromatic N) is 2. The number of para-hydroxylation sites is 1. The summed E-state index contributed by atoms with van der Waals surface area (Å²) >= 11 is 0. The standard InChI is InChI=1S/C22H22N2O3/c1-23-17-11-7-6-10-15(17)16-12-13-24(26)20(14-8-4-3-5-9-14)18(22(25)27-2)21(24)19(16)23/h3-11,18,20-21H,12-13H2,1-2H3/t18-,20-,21+,24?/m1/s1. The largest absolute Gasteiger partial charge is 0.632 e. The van der Waals surface area contributed by atoms with Gasteiger partial charge in [-0.2, -0.15) is 0 Å². The first-order valence-electron chi connectivity index (χ1n) is 9.35. The highest BCUT2D eigenvalue weighted by molar-refractivity contribution is 5.86. The van der Waals surface area contributed by atoms with Crippen molar-refractivity contribution in [3.05, 3.63) is 76.6 Å². The maximum Gasteiger partial charge on any atom is 0.321 e. The van der Waals surface area contributed by atoms with E-state index in [4.69, 9.17) is 4.74 Å². The van der Waals surface area contributed by atoms with Crippen molar-refractivity contribution in [3.8, 4) is 0 Å². The lowest BCUT2D eigenvalue weighted by Crippen LogP contribution is -2.68. The summed E-state index contributed by atoms with van der Waals surface area (Å²) in [4.78, 5) is 12.7. The first kappa shape index (κ1) is 16.5. The molecular formula is C22H22N2O3. The average Bonchev–Trinajstić information content (AvgIpc) is 2.97. The molecule has 0 amide bonds. The van der Waals surface area contributed by atoms with Crippen molar-refractivity contribution in [3.63, 3.8) is 0 Å². The van der Waals surface area contributed by atoms with Gasteiger partial charge in [-0.05, 0) is 11.6 Å². The van der Waals surface area contributed by atoms with Crippen LogP contribution in [0.3, 0.4) is 0 Å². The van der Waals surface area contributed by atoms with Gasteiger partial charge in [0, 0.05) is 29.9 Å². The zero-order chi connectivity index (χ0) is 18.8. The van der Waals surface area contributed by atoms with E-state index < -0.39 is 18.0 Å². The van der Waals surface area contributed by atoms with Crippen LogP contribution >= 0.6 is 0 Å². The van der Waals surface area contributed by atoms with Crippen LogP contribution in [0.25, 0.3) is 10.9 Å². The van der Waals surface area contributed by atoms with Gasteiger partial charge in [0.25, 0.3) is 0 Å². The molecule has 0 N–H and O–H groups in total. The number of quaternary nitrogens is 1. The topological polar surface area (TPSA) is 54.3 Å². The van der Waals surface area contributed by atoms with Gasteiger partial charge in [-0.3, -0.25) is 4.79 Å². The average molecular weight is 362 g/mol. The van der Waals surface area contributed by atoms with E-state index in [-0.39, 0.29) is 10.6 Å². The molecule has 1 aromatic heterocycles. The third kappa shape index (κ3) is 2.04. The lowest BCUT2D eigenvalue weighted by atomic mass is 9.70. The highest BCUT2D eigenvalue weighted by atomic mass is 16.6. The highest BCUT2D eigenvalue weighted by Gasteiger charge is 2.65. The molecule has 0 radical (unpaired) electrons. The van der Waals surface area contributed by atoms with Crippen LogP contribution < -0.4 is 0 Å². The van der Waals surface area contributed by atoms with Crippen LogP contribution in [0.4, 0.5) is 0 Å². The molecule has 5 rings (SSSR count). The Morgan fingerprint density at radius 1 is 1.11 bits per heavy atom. The van der Waals surface area contributed by atoms with Gasteiger partial charge in [0.1, 0.15) is 6.04 Å². The van der Waals surface area contributed by atoms with Crippen molar-refractivity contribution in [1.82, 2.24) is 4.57 Å². The molecule has 1 unspecified atom stereocenters. The summed E-state index contributed by atoms with van der Waals surface area (Å²) in [6.07, 6.45) is 0.730. The van der Waals surface area contributed by atoms with Crippen molar-refractivity contribution in [2.24, 2.45) is 13.0 Å². The van der Waals surface area contributed by atoms with E-state index in [0.29, 0.717) is 6.54 Å². The van der Waals surface area contributed by atoms with Crippen LogP contribution in [-0.2, 0) is 23.0 Å². The summed E-state index contributed by atoms with van der Waals surface area (Å²) in [6.45, 7) is 0.485. The monoisotopic (exact) mass is 362 g/mol. The molecule has 4 atom stereocenters. The van der Waals surface area contributed by atoms with Crippen LogP contribution in [0.15, 0.2) is 54.6 Å². The van der Waals surface area contributed by atoms with E-state index >= 15 is 0 Å². The van der Waals surface area contributed by atoms with Crippen molar-refractivity contribution in [2.75, 3.05) is 13.7 Å².